The van der Waals surface area contributed by atoms with Crippen LogP contribution in [0.4, 0.5) is 0 Å². The second-order valence-corrected chi connectivity index (χ2v) is 5.93. The molecular formula is C20H25NO2. The fourth-order valence-corrected chi connectivity index (χ4v) is 2.65. The van der Waals surface area contributed by atoms with Gasteiger partial charge in [-0.25, -0.2) is 0 Å². The van der Waals surface area contributed by atoms with Gasteiger partial charge < -0.3 is 10.0 Å². The summed E-state index contributed by atoms with van der Waals surface area (Å²) in [6, 6.07) is 20.1. The maximum absolute atomic E-state index is 12.8. The second kappa shape index (κ2) is 9.11. The van der Waals surface area contributed by atoms with Gasteiger partial charge in [-0.1, -0.05) is 67.6 Å². The van der Waals surface area contributed by atoms with Gasteiger partial charge in [0.05, 0.1) is 0 Å². The maximum atomic E-state index is 12.8. The number of amides is 1. The molecule has 0 aromatic heterocycles. The number of aliphatic hydroxyl groups is 1. The van der Waals surface area contributed by atoms with Crippen LogP contribution in [0.5, 0.6) is 0 Å². The molecule has 2 aromatic carbocycles. The SMILES string of the molecule is C[C@H](CCCO)C(=O)N(Cc1ccccc1)Cc1ccccc1. The molecule has 1 amide bonds. The van der Waals surface area contributed by atoms with Gasteiger partial charge in [0.2, 0.25) is 5.91 Å². The van der Waals surface area contributed by atoms with Crippen molar-refractivity contribution in [1.82, 2.24) is 4.90 Å². The highest BCUT2D eigenvalue weighted by molar-refractivity contribution is 5.78. The fraction of sp³-hybridized carbons (Fsp3) is 0.350. The van der Waals surface area contributed by atoms with Crippen LogP contribution in [0.3, 0.4) is 0 Å². The van der Waals surface area contributed by atoms with Gasteiger partial charge in [0, 0.05) is 25.6 Å². The third-order valence-corrected chi connectivity index (χ3v) is 3.96. The largest absolute Gasteiger partial charge is 0.396 e. The summed E-state index contributed by atoms with van der Waals surface area (Å²) in [6.07, 6.45) is 1.38. The molecule has 0 aliphatic carbocycles. The lowest BCUT2D eigenvalue weighted by atomic mass is 10.0. The molecule has 2 aromatic rings. The summed E-state index contributed by atoms with van der Waals surface area (Å²) < 4.78 is 0. The zero-order chi connectivity index (χ0) is 16.5. The van der Waals surface area contributed by atoms with Crippen LogP contribution in [0.1, 0.15) is 30.9 Å². The number of carbonyl (C=O) groups excluding carboxylic acids is 1. The molecule has 0 fully saturated rings. The van der Waals surface area contributed by atoms with E-state index in [-0.39, 0.29) is 18.4 Å². The predicted octanol–water partition coefficient (Wildman–Crippen LogP) is 3.62. The fourth-order valence-electron chi connectivity index (χ4n) is 2.65. The third kappa shape index (κ3) is 5.53. The topological polar surface area (TPSA) is 40.5 Å². The summed E-state index contributed by atoms with van der Waals surface area (Å²) in [7, 11) is 0. The number of aliphatic hydroxyl groups excluding tert-OH is 1. The zero-order valence-corrected chi connectivity index (χ0v) is 13.7. The number of hydrogen-bond acceptors (Lipinski definition) is 2. The molecule has 1 N–H and O–H groups in total. The minimum atomic E-state index is -0.0745. The Labute approximate surface area is 138 Å². The van der Waals surface area contributed by atoms with Crippen molar-refractivity contribution in [3.63, 3.8) is 0 Å². The van der Waals surface area contributed by atoms with Crippen molar-refractivity contribution >= 4 is 5.91 Å². The smallest absolute Gasteiger partial charge is 0.226 e. The number of hydrogen-bond donors (Lipinski definition) is 1. The highest BCUT2D eigenvalue weighted by Gasteiger charge is 2.20. The molecule has 0 heterocycles. The second-order valence-electron chi connectivity index (χ2n) is 5.93. The van der Waals surface area contributed by atoms with E-state index in [1.807, 2.05) is 72.5 Å². The van der Waals surface area contributed by atoms with E-state index in [1.54, 1.807) is 0 Å². The van der Waals surface area contributed by atoms with Gasteiger partial charge in [-0.2, -0.15) is 0 Å². The monoisotopic (exact) mass is 311 g/mol. The summed E-state index contributed by atoms with van der Waals surface area (Å²) in [5, 5.41) is 8.98. The lowest BCUT2D eigenvalue weighted by molar-refractivity contribution is -0.136. The Hall–Kier alpha value is -2.13. The first kappa shape index (κ1) is 17.2. The van der Waals surface area contributed by atoms with Gasteiger partial charge >= 0.3 is 0 Å². The molecule has 122 valence electrons. The minimum absolute atomic E-state index is 0.0745. The Morgan fingerprint density at radius 1 is 0.957 bits per heavy atom. The van der Waals surface area contributed by atoms with Crippen molar-refractivity contribution in [2.45, 2.75) is 32.9 Å². The molecule has 23 heavy (non-hydrogen) atoms. The molecule has 3 heteroatoms. The van der Waals surface area contributed by atoms with E-state index in [0.29, 0.717) is 19.5 Å². The van der Waals surface area contributed by atoms with Crippen LogP contribution < -0.4 is 0 Å². The quantitative estimate of drug-likeness (QED) is 0.809. The molecular weight excluding hydrogens is 286 g/mol. The average Bonchev–Trinajstić information content (AvgIpc) is 2.60. The van der Waals surface area contributed by atoms with Crippen LogP contribution in [0.15, 0.2) is 60.7 Å². The predicted molar refractivity (Wildman–Crippen MR) is 92.6 cm³/mol. The molecule has 0 spiro atoms. The van der Waals surface area contributed by atoms with E-state index in [1.165, 1.54) is 0 Å². The van der Waals surface area contributed by atoms with Crippen LogP contribution in [-0.4, -0.2) is 22.5 Å². The van der Waals surface area contributed by atoms with Crippen molar-refractivity contribution < 1.29 is 9.90 Å². The first-order chi connectivity index (χ1) is 11.2. The first-order valence-corrected chi connectivity index (χ1v) is 8.18. The highest BCUT2D eigenvalue weighted by Crippen LogP contribution is 2.16. The molecule has 0 aliphatic rings. The number of rotatable bonds is 8. The van der Waals surface area contributed by atoms with Crippen molar-refractivity contribution in [2.24, 2.45) is 5.92 Å². The van der Waals surface area contributed by atoms with Gasteiger partial charge in [0.25, 0.3) is 0 Å². The molecule has 0 aliphatic heterocycles. The standard InChI is InChI=1S/C20H25NO2/c1-17(9-8-14-22)20(23)21(15-18-10-4-2-5-11-18)16-19-12-6-3-7-13-19/h2-7,10-13,17,22H,8-9,14-16H2,1H3/t17-/m1/s1. The summed E-state index contributed by atoms with van der Waals surface area (Å²) >= 11 is 0. The molecule has 0 radical (unpaired) electrons. The van der Waals surface area contributed by atoms with E-state index >= 15 is 0 Å². The van der Waals surface area contributed by atoms with Crippen LogP contribution in [0.25, 0.3) is 0 Å². The molecule has 0 bridgehead atoms. The van der Waals surface area contributed by atoms with E-state index in [4.69, 9.17) is 5.11 Å². The molecule has 0 saturated carbocycles. The summed E-state index contributed by atoms with van der Waals surface area (Å²) in [5.41, 5.74) is 2.26. The van der Waals surface area contributed by atoms with E-state index in [9.17, 15) is 4.79 Å². The Bertz CT molecular complexity index is 542. The van der Waals surface area contributed by atoms with Crippen LogP contribution in [-0.2, 0) is 17.9 Å². The first-order valence-electron chi connectivity index (χ1n) is 8.18. The molecule has 0 unspecified atom stereocenters. The van der Waals surface area contributed by atoms with Crippen LogP contribution in [0, 0.1) is 5.92 Å². The number of carbonyl (C=O) groups is 1. The van der Waals surface area contributed by atoms with E-state index < -0.39 is 0 Å². The Balaban J connectivity index is 2.11. The highest BCUT2D eigenvalue weighted by atomic mass is 16.3. The van der Waals surface area contributed by atoms with Crippen molar-refractivity contribution in [3.05, 3.63) is 71.8 Å². The summed E-state index contributed by atoms with van der Waals surface area (Å²) in [5.74, 6) is 0.0701. The van der Waals surface area contributed by atoms with Crippen LogP contribution in [0.2, 0.25) is 0 Å². The molecule has 2 rings (SSSR count). The van der Waals surface area contributed by atoms with Crippen molar-refractivity contribution in [2.75, 3.05) is 6.61 Å². The third-order valence-electron chi connectivity index (χ3n) is 3.96. The van der Waals surface area contributed by atoms with Gasteiger partial charge in [0.15, 0.2) is 0 Å². The lowest BCUT2D eigenvalue weighted by Gasteiger charge is -2.26. The number of benzene rings is 2. The Kier molecular flexibility index (Phi) is 6.82. The zero-order valence-electron chi connectivity index (χ0n) is 13.7. The van der Waals surface area contributed by atoms with E-state index in [2.05, 4.69) is 0 Å². The molecule has 1 atom stereocenters. The maximum Gasteiger partial charge on any atom is 0.226 e. The molecule has 0 saturated heterocycles. The summed E-state index contributed by atoms with van der Waals surface area (Å²) in [6.45, 7) is 3.30. The van der Waals surface area contributed by atoms with Gasteiger partial charge in [-0.15, -0.1) is 0 Å². The average molecular weight is 311 g/mol. The van der Waals surface area contributed by atoms with Gasteiger partial charge in [-0.3, -0.25) is 4.79 Å². The normalized spacial score (nSPS) is 11.9. The lowest BCUT2D eigenvalue weighted by Crippen LogP contribution is -2.34. The van der Waals surface area contributed by atoms with Gasteiger partial charge in [0.1, 0.15) is 0 Å². The van der Waals surface area contributed by atoms with Crippen molar-refractivity contribution in [1.29, 1.82) is 0 Å². The van der Waals surface area contributed by atoms with Crippen LogP contribution >= 0.6 is 0 Å². The molecule has 3 nitrogen and oxygen atoms in total. The Morgan fingerprint density at radius 2 is 1.43 bits per heavy atom. The minimum Gasteiger partial charge on any atom is -0.396 e. The summed E-state index contributed by atoms with van der Waals surface area (Å²) in [4.78, 5) is 14.7. The van der Waals surface area contributed by atoms with E-state index in [0.717, 1.165) is 17.5 Å². The number of nitrogens with zero attached hydrogens (tertiary/aromatic N) is 1. The Morgan fingerprint density at radius 3 is 1.87 bits per heavy atom. The van der Waals surface area contributed by atoms with Gasteiger partial charge in [-0.05, 0) is 24.0 Å². The van der Waals surface area contributed by atoms with Crippen molar-refractivity contribution in [3.8, 4) is 0 Å².